The highest BCUT2D eigenvalue weighted by atomic mass is 16.5. The summed E-state index contributed by atoms with van der Waals surface area (Å²) in [5.74, 6) is 0. The van der Waals surface area contributed by atoms with Crippen molar-refractivity contribution in [2.75, 3.05) is 0 Å². The fourth-order valence-electron chi connectivity index (χ4n) is 2.77. The lowest BCUT2D eigenvalue weighted by atomic mass is 9.92. The van der Waals surface area contributed by atoms with E-state index in [1.54, 1.807) is 0 Å². The van der Waals surface area contributed by atoms with Crippen molar-refractivity contribution in [3.63, 3.8) is 0 Å². The number of allylic oxidation sites excluding steroid dienone is 2. The molecule has 0 spiro atoms. The lowest BCUT2D eigenvalue weighted by Crippen LogP contribution is -2.05. The van der Waals surface area contributed by atoms with Crippen molar-refractivity contribution in [2.45, 2.75) is 40.4 Å². The van der Waals surface area contributed by atoms with E-state index < -0.39 is 6.29 Å². The van der Waals surface area contributed by atoms with Crippen LogP contribution in [0.25, 0.3) is 5.57 Å². The Labute approximate surface area is 96.2 Å². The molecule has 0 heterocycles. The summed E-state index contributed by atoms with van der Waals surface area (Å²) in [6.45, 7) is 8.16. The molecule has 0 radical (unpaired) electrons. The van der Waals surface area contributed by atoms with Crippen LogP contribution in [-0.4, -0.2) is 10.2 Å². The van der Waals surface area contributed by atoms with Crippen LogP contribution in [0.1, 0.15) is 48.0 Å². The van der Waals surface area contributed by atoms with E-state index in [4.69, 9.17) is 0 Å². The van der Waals surface area contributed by atoms with Gasteiger partial charge in [0.2, 0.25) is 0 Å². The minimum atomic E-state index is -1.38. The fraction of sp³-hybridized carbons (Fsp3) is 0.429. The van der Waals surface area contributed by atoms with Crippen molar-refractivity contribution in [3.8, 4) is 0 Å². The summed E-state index contributed by atoms with van der Waals surface area (Å²) in [7, 11) is 0. The van der Waals surface area contributed by atoms with E-state index in [0.717, 1.165) is 17.5 Å². The van der Waals surface area contributed by atoms with Crippen LogP contribution in [-0.2, 0) is 6.42 Å². The summed E-state index contributed by atoms with van der Waals surface area (Å²) in [6.07, 6.45) is -0.385. The Balaban J connectivity index is 2.72. The Morgan fingerprint density at radius 3 is 2.31 bits per heavy atom. The number of benzene rings is 1. The first-order valence-electron chi connectivity index (χ1n) is 5.59. The molecule has 1 aromatic rings. The highest BCUT2D eigenvalue weighted by Crippen LogP contribution is 2.38. The highest BCUT2D eigenvalue weighted by Gasteiger charge is 2.22. The van der Waals surface area contributed by atoms with Gasteiger partial charge in [0.25, 0.3) is 0 Å². The molecule has 0 saturated carbocycles. The zero-order chi connectivity index (χ0) is 12.0. The van der Waals surface area contributed by atoms with E-state index in [1.165, 1.54) is 22.3 Å². The minimum absolute atomic E-state index is 0.660. The number of aliphatic hydroxyl groups excluding tert-OH is 1. The van der Waals surface area contributed by atoms with Crippen LogP contribution in [0.3, 0.4) is 0 Å². The van der Waals surface area contributed by atoms with Gasteiger partial charge in [-0.15, -0.1) is 0 Å². The predicted octanol–water partition coefficient (Wildman–Crippen LogP) is 2.64. The van der Waals surface area contributed by atoms with Gasteiger partial charge in [0, 0.05) is 5.56 Å². The van der Waals surface area contributed by atoms with E-state index in [-0.39, 0.29) is 0 Å². The summed E-state index contributed by atoms with van der Waals surface area (Å²) < 4.78 is 0. The molecule has 1 aliphatic rings. The topological polar surface area (TPSA) is 40.5 Å². The minimum Gasteiger partial charge on any atom is -0.364 e. The van der Waals surface area contributed by atoms with E-state index in [1.807, 2.05) is 13.8 Å². The molecule has 0 unspecified atom stereocenters. The predicted molar refractivity (Wildman–Crippen MR) is 65.1 cm³/mol. The zero-order valence-corrected chi connectivity index (χ0v) is 10.3. The average molecular weight is 218 g/mol. The molecule has 0 aliphatic heterocycles. The second-order valence-electron chi connectivity index (χ2n) is 4.72. The zero-order valence-electron chi connectivity index (χ0n) is 10.3. The summed E-state index contributed by atoms with van der Waals surface area (Å²) >= 11 is 0. The van der Waals surface area contributed by atoms with Crippen molar-refractivity contribution in [3.05, 3.63) is 39.5 Å². The van der Waals surface area contributed by atoms with Gasteiger partial charge in [-0.2, -0.15) is 0 Å². The Kier molecular flexibility index (Phi) is 2.64. The van der Waals surface area contributed by atoms with Gasteiger partial charge in [0.1, 0.15) is 0 Å². The number of aryl methyl sites for hydroxylation is 1. The van der Waals surface area contributed by atoms with Gasteiger partial charge in [0.05, 0.1) is 0 Å². The van der Waals surface area contributed by atoms with Crippen molar-refractivity contribution < 1.29 is 10.2 Å². The molecule has 2 N–H and O–H groups in total. The van der Waals surface area contributed by atoms with Gasteiger partial charge in [-0.05, 0) is 61.9 Å². The fourth-order valence-corrected chi connectivity index (χ4v) is 2.77. The molecular formula is C14H18O2. The van der Waals surface area contributed by atoms with Gasteiger partial charge in [0.15, 0.2) is 6.29 Å². The summed E-state index contributed by atoms with van der Waals surface area (Å²) in [6, 6.07) is 2.08. The van der Waals surface area contributed by atoms with E-state index in [9.17, 15) is 10.2 Å². The maximum atomic E-state index is 9.41. The van der Waals surface area contributed by atoms with Crippen molar-refractivity contribution in [2.24, 2.45) is 0 Å². The van der Waals surface area contributed by atoms with Gasteiger partial charge in [-0.3, -0.25) is 0 Å². The molecule has 2 rings (SSSR count). The normalized spacial score (nSPS) is 14.9. The quantitative estimate of drug-likeness (QED) is 0.711. The Morgan fingerprint density at radius 2 is 1.75 bits per heavy atom. The van der Waals surface area contributed by atoms with Gasteiger partial charge < -0.3 is 10.2 Å². The maximum absolute atomic E-state index is 9.41. The van der Waals surface area contributed by atoms with Crippen LogP contribution in [0.4, 0.5) is 0 Å². The van der Waals surface area contributed by atoms with Crippen LogP contribution in [0.5, 0.6) is 0 Å². The second-order valence-corrected chi connectivity index (χ2v) is 4.72. The number of fused-ring (bicyclic) bond motifs is 1. The molecule has 1 aliphatic carbocycles. The Morgan fingerprint density at radius 1 is 1.12 bits per heavy atom. The summed E-state index contributed by atoms with van der Waals surface area (Å²) in [5.41, 5.74) is 7.83. The smallest absolute Gasteiger partial charge is 0.178 e. The van der Waals surface area contributed by atoms with Crippen molar-refractivity contribution >= 4 is 5.57 Å². The molecular weight excluding hydrogens is 200 g/mol. The SMILES string of the molecule is CC1=C(C)c2c(cc(C)c(C(O)O)c2C)C1. The number of aliphatic hydroxyl groups is 2. The first kappa shape index (κ1) is 11.4. The lowest BCUT2D eigenvalue weighted by molar-refractivity contribution is -0.0433. The maximum Gasteiger partial charge on any atom is 0.178 e. The monoisotopic (exact) mass is 218 g/mol. The van der Waals surface area contributed by atoms with Crippen molar-refractivity contribution in [1.82, 2.24) is 0 Å². The molecule has 0 aromatic heterocycles. The average Bonchev–Trinajstić information content (AvgIpc) is 2.41. The first-order chi connectivity index (χ1) is 7.43. The van der Waals surface area contributed by atoms with Gasteiger partial charge in [-0.1, -0.05) is 11.6 Å². The van der Waals surface area contributed by atoms with Gasteiger partial charge >= 0.3 is 0 Å². The molecule has 0 fully saturated rings. The molecule has 0 bridgehead atoms. The van der Waals surface area contributed by atoms with Gasteiger partial charge in [-0.25, -0.2) is 0 Å². The van der Waals surface area contributed by atoms with Crippen LogP contribution in [0.15, 0.2) is 11.6 Å². The molecule has 2 heteroatoms. The van der Waals surface area contributed by atoms with E-state index >= 15 is 0 Å². The third kappa shape index (κ3) is 1.49. The number of hydrogen-bond acceptors (Lipinski definition) is 2. The number of hydrogen-bond donors (Lipinski definition) is 2. The molecule has 1 aromatic carbocycles. The van der Waals surface area contributed by atoms with Crippen LogP contribution in [0, 0.1) is 13.8 Å². The first-order valence-corrected chi connectivity index (χ1v) is 5.59. The largest absolute Gasteiger partial charge is 0.364 e. The summed E-state index contributed by atoms with van der Waals surface area (Å²) in [5, 5.41) is 18.8. The van der Waals surface area contributed by atoms with Crippen molar-refractivity contribution in [1.29, 1.82) is 0 Å². The molecule has 0 amide bonds. The third-order valence-corrected chi connectivity index (χ3v) is 3.64. The summed E-state index contributed by atoms with van der Waals surface area (Å²) in [4.78, 5) is 0. The standard InChI is InChI=1S/C14H18O2/c1-7-5-11-6-8(2)12(14(15)16)10(4)13(11)9(7)3/h6,14-16H,5H2,1-4H3. The molecule has 0 atom stereocenters. The highest BCUT2D eigenvalue weighted by molar-refractivity contribution is 5.78. The number of rotatable bonds is 1. The lowest BCUT2D eigenvalue weighted by Gasteiger charge is -2.17. The molecule has 16 heavy (non-hydrogen) atoms. The third-order valence-electron chi connectivity index (χ3n) is 3.64. The Hall–Kier alpha value is -1.12. The Bertz CT molecular complexity index is 482. The molecule has 0 saturated heterocycles. The van der Waals surface area contributed by atoms with E-state index in [0.29, 0.717) is 5.56 Å². The molecule has 2 nitrogen and oxygen atoms in total. The second kappa shape index (κ2) is 3.72. The van der Waals surface area contributed by atoms with E-state index in [2.05, 4.69) is 19.9 Å². The van der Waals surface area contributed by atoms with Crippen LogP contribution < -0.4 is 0 Å². The van der Waals surface area contributed by atoms with Crippen LogP contribution >= 0.6 is 0 Å². The molecule has 86 valence electrons. The van der Waals surface area contributed by atoms with Crippen LogP contribution in [0.2, 0.25) is 0 Å².